The predicted molar refractivity (Wildman–Crippen MR) is 105 cm³/mol. The average molecular weight is 432 g/mol. The van der Waals surface area contributed by atoms with Crippen LogP contribution in [0, 0.1) is 18.7 Å². The molecule has 140 valence electrons. The highest BCUT2D eigenvalue weighted by molar-refractivity contribution is 9.10. The number of rotatable bonds is 3. The van der Waals surface area contributed by atoms with Gasteiger partial charge in [0.25, 0.3) is 5.56 Å². The summed E-state index contributed by atoms with van der Waals surface area (Å²) in [5.41, 5.74) is 0.312. The van der Waals surface area contributed by atoms with Gasteiger partial charge >= 0.3 is 0 Å². The number of anilines is 1. The smallest absolute Gasteiger partial charge is 0.261 e. The van der Waals surface area contributed by atoms with Crippen molar-refractivity contribution in [1.82, 2.24) is 19.5 Å². The Hall–Kier alpha value is -2.35. The third kappa shape index (κ3) is 3.71. The third-order valence-electron chi connectivity index (χ3n) is 5.05. The SMILES string of the molecule is Cc1nc2cc(F)ccc2c(=O)n1CC1CCN(c2ncc(Br)cn2)CC1. The second-order valence-corrected chi connectivity index (χ2v) is 7.78. The number of aromatic nitrogens is 4. The molecular weight excluding hydrogens is 413 g/mol. The van der Waals surface area contributed by atoms with Crippen molar-refractivity contribution in [3.63, 3.8) is 0 Å². The Morgan fingerprint density at radius 2 is 1.93 bits per heavy atom. The second kappa shape index (κ2) is 7.34. The van der Waals surface area contributed by atoms with Crippen molar-refractivity contribution < 1.29 is 4.39 Å². The minimum atomic E-state index is -0.380. The van der Waals surface area contributed by atoms with Crippen LogP contribution in [-0.4, -0.2) is 32.6 Å². The van der Waals surface area contributed by atoms with Gasteiger partial charge in [-0.05, 0) is 53.7 Å². The highest BCUT2D eigenvalue weighted by atomic mass is 79.9. The van der Waals surface area contributed by atoms with Gasteiger partial charge in [-0.15, -0.1) is 0 Å². The zero-order valence-electron chi connectivity index (χ0n) is 14.9. The van der Waals surface area contributed by atoms with Crippen molar-refractivity contribution >= 4 is 32.8 Å². The van der Waals surface area contributed by atoms with Crippen LogP contribution < -0.4 is 10.5 Å². The number of hydrogen-bond donors (Lipinski definition) is 0. The van der Waals surface area contributed by atoms with E-state index in [1.54, 1.807) is 23.9 Å². The topological polar surface area (TPSA) is 63.9 Å². The molecule has 1 aliphatic heterocycles. The largest absolute Gasteiger partial charge is 0.341 e. The molecule has 0 bridgehead atoms. The molecule has 0 radical (unpaired) electrons. The van der Waals surface area contributed by atoms with E-state index in [4.69, 9.17) is 0 Å². The zero-order valence-corrected chi connectivity index (χ0v) is 16.5. The minimum absolute atomic E-state index is 0.101. The van der Waals surface area contributed by atoms with Gasteiger partial charge in [-0.1, -0.05) is 0 Å². The molecule has 1 saturated heterocycles. The lowest BCUT2D eigenvalue weighted by molar-refractivity contribution is 0.347. The lowest BCUT2D eigenvalue weighted by Gasteiger charge is -2.32. The maximum absolute atomic E-state index is 13.4. The summed E-state index contributed by atoms with van der Waals surface area (Å²) in [6, 6.07) is 4.13. The van der Waals surface area contributed by atoms with Crippen LogP contribution in [0.5, 0.6) is 0 Å². The zero-order chi connectivity index (χ0) is 19.0. The van der Waals surface area contributed by atoms with E-state index < -0.39 is 0 Å². The van der Waals surface area contributed by atoms with E-state index >= 15 is 0 Å². The van der Waals surface area contributed by atoms with E-state index in [9.17, 15) is 9.18 Å². The van der Waals surface area contributed by atoms with Gasteiger partial charge in [0.15, 0.2) is 0 Å². The van der Waals surface area contributed by atoms with Gasteiger partial charge in [0.1, 0.15) is 11.6 Å². The summed E-state index contributed by atoms with van der Waals surface area (Å²) in [6.45, 7) is 4.13. The summed E-state index contributed by atoms with van der Waals surface area (Å²) in [5.74, 6) is 1.36. The van der Waals surface area contributed by atoms with Crippen molar-refractivity contribution in [2.24, 2.45) is 5.92 Å². The Balaban J connectivity index is 1.50. The fraction of sp³-hybridized carbons (Fsp3) is 0.368. The Kier molecular flexibility index (Phi) is 4.90. The van der Waals surface area contributed by atoms with Crippen LogP contribution in [-0.2, 0) is 6.54 Å². The first-order valence-electron chi connectivity index (χ1n) is 8.90. The molecule has 3 heterocycles. The molecule has 0 atom stereocenters. The first kappa shape index (κ1) is 18.0. The molecule has 2 aromatic heterocycles. The van der Waals surface area contributed by atoms with Crippen molar-refractivity contribution in [1.29, 1.82) is 0 Å². The van der Waals surface area contributed by atoms with E-state index in [0.29, 0.717) is 29.2 Å². The van der Waals surface area contributed by atoms with Crippen molar-refractivity contribution in [3.8, 4) is 0 Å². The van der Waals surface area contributed by atoms with Gasteiger partial charge in [-0.3, -0.25) is 9.36 Å². The fourth-order valence-electron chi connectivity index (χ4n) is 3.56. The molecule has 0 amide bonds. The van der Waals surface area contributed by atoms with Crippen LogP contribution in [0.1, 0.15) is 18.7 Å². The van der Waals surface area contributed by atoms with Gasteiger partial charge in [-0.2, -0.15) is 0 Å². The van der Waals surface area contributed by atoms with Crippen LogP contribution in [0.2, 0.25) is 0 Å². The van der Waals surface area contributed by atoms with Crippen molar-refractivity contribution in [2.75, 3.05) is 18.0 Å². The highest BCUT2D eigenvalue weighted by Gasteiger charge is 2.22. The second-order valence-electron chi connectivity index (χ2n) is 6.87. The van der Waals surface area contributed by atoms with Gasteiger partial charge in [-0.25, -0.2) is 19.3 Å². The third-order valence-corrected chi connectivity index (χ3v) is 5.46. The van der Waals surface area contributed by atoms with Crippen molar-refractivity contribution in [3.05, 3.63) is 57.1 Å². The highest BCUT2D eigenvalue weighted by Crippen LogP contribution is 2.23. The first-order valence-corrected chi connectivity index (χ1v) is 9.70. The first-order chi connectivity index (χ1) is 13.0. The molecule has 0 spiro atoms. The van der Waals surface area contributed by atoms with E-state index in [2.05, 4.69) is 35.8 Å². The molecule has 27 heavy (non-hydrogen) atoms. The lowest BCUT2D eigenvalue weighted by Crippen LogP contribution is -2.37. The normalized spacial score (nSPS) is 15.4. The predicted octanol–water partition coefficient (Wildman–Crippen LogP) is 3.31. The Morgan fingerprint density at radius 3 is 2.63 bits per heavy atom. The molecule has 8 heteroatoms. The van der Waals surface area contributed by atoms with Gasteiger partial charge in [0, 0.05) is 38.1 Å². The Morgan fingerprint density at radius 1 is 1.22 bits per heavy atom. The van der Waals surface area contributed by atoms with Crippen molar-refractivity contribution in [2.45, 2.75) is 26.3 Å². The molecule has 0 N–H and O–H groups in total. The molecule has 4 rings (SSSR count). The lowest BCUT2D eigenvalue weighted by atomic mass is 9.96. The van der Waals surface area contributed by atoms with E-state index in [1.807, 2.05) is 0 Å². The summed E-state index contributed by atoms with van der Waals surface area (Å²) in [6.07, 6.45) is 5.40. The molecule has 0 aliphatic carbocycles. The molecule has 0 saturated carbocycles. The summed E-state index contributed by atoms with van der Waals surface area (Å²) in [5, 5.41) is 0.461. The van der Waals surface area contributed by atoms with Gasteiger partial charge < -0.3 is 4.90 Å². The minimum Gasteiger partial charge on any atom is -0.341 e. The fourth-order valence-corrected chi connectivity index (χ4v) is 3.77. The standard InChI is InChI=1S/C19H19BrFN5O/c1-12-24-17-8-15(21)2-3-16(17)18(27)26(12)11-13-4-6-25(7-5-13)19-22-9-14(20)10-23-19/h2-3,8-10,13H,4-7,11H2,1H3. The summed E-state index contributed by atoms with van der Waals surface area (Å²) in [4.78, 5) is 28.1. The molecule has 0 unspecified atom stereocenters. The van der Waals surface area contributed by atoms with Crippen LogP contribution in [0.4, 0.5) is 10.3 Å². The average Bonchev–Trinajstić information content (AvgIpc) is 2.66. The summed E-state index contributed by atoms with van der Waals surface area (Å²) < 4.78 is 16.0. The van der Waals surface area contributed by atoms with Gasteiger partial charge in [0.2, 0.25) is 5.95 Å². The quantitative estimate of drug-likeness (QED) is 0.636. The van der Waals surface area contributed by atoms with E-state index in [1.165, 1.54) is 18.2 Å². The molecule has 3 aromatic rings. The number of nitrogens with zero attached hydrogens (tertiary/aromatic N) is 5. The van der Waals surface area contributed by atoms with Crippen LogP contribution >= 0.6 is 15.9 Å². The summed E-state index contributed by atoms with van der Waals surface area (Å²) in [7, 11) is 0. The number of fused-ring (bicyclic) bond motifs is 1. The Bertz CT molecular complexity index is 1030. The Labute approximate surface area is 164 Å². The molecule has 6 nitrogen and oxygen atoms in total. The molecule has 1 aromatic carbocycles. The molecule has 1 aliphatic rings. The number of aryl methyl sites for hydroxylation is 1. The monoisotopic (exact) mass is 431 g/mol. The number of benzene rings is 1. The maximum Gasteiger partial charge on any atom is 0.261 e. The van der Waals surface area contributed by atoms with Crippen LogP contribution in [0.15, 0.2) is 39.9 Å². The van der Waals surface area contributed by atoms with E-state index in [0.717, 1.165) is 36.4 Å². The maximum atomic E-state index is 13.4. The van der Waals surface area contributed by atoms with Gasteiger partial charge in [0.05, 0.1) is 15.4 Å². The molecular formula is C19H19BrFN5O. The number of halogens is 2. The number of hydrogen-bond acceptors (Lipinski definition) is 5. The summed E-state index contributed by atoms with van der Waals surface area (Å²) >= 11 is 3.35. The van der Waals surface area contributed by atoms with Crippen LogP contribution in [0.3, 0.4) is 0 Å². The van der Waals surface area contributed by atoms with E-state index in [-0.39, 0.29) is 11.4 Å². The number of piperidine rings is 1. The van der Waals surface area contributed by atoms with Crippen LogP contribution in [0.25, 0.3) is 10.9 Å². The molecule has 1 fully saturated rings.